The first kappa shape index (κ1) is 16.2. The van der Waals surface area contributed by atoms with Gasteiger partial charge in [-0.15, -0.1) is 0 Å². The number of aryl methyl sites for hydroxylation is 4. The topological polar surface area (TPSA) is 58.2 Å². The lowest BCUT2D eigenvalue weighted by Crippen LogP contribution is -2.53. The second kappa shape index (κ2) is 6.11. The zero-order chi connectivity index (χ0) is 17.4. The van der Waals surface area contributed by atoms with Crippen LogP contribution in [0.4, 0.5) is 0 Å². The number of amides is 2. The molecule has 0 spiro atoms. The van der Waals surface area contributed by atoms with Crippen molar-refractivity contribution in [2.75, 3.05) is 0 Å². The first-order valence-corrected chi connectivity index (χ1v) is 8.10. The molecule has 1 fully saturated rings. The Kier molecular flexibility index (Phi) is 4.14. The van der Waals surface area contributed by atoms with Crippen molar-refractivity contribution in [2.45, 2.75) is 39.8 Å². The van der Waals surface area contributed by atoms with Crippen LogP contribution in [0, 0.1) is 27.7 Å². The predicted molar refractivity (Wildman–Crippen MR) is 93.6 cm³/mol. The van der Waals surface area contributed by atoms with E-state index in [1.807, 2.05) is 64.1 Å². The molecule has 0 aromatic heterocycles. The van der Waals surface area contributed by atoms with E-state index >= 15 is 0 Å². The average molecular weight is 322 g/mol. The highest BCUT2D eigenvalue weighted by Crippen LogP contribution is 2.25. The second-order valence-electron chi connectivity index (χ2n) is 6.73. The van der Waals surface area contributed by atoms with Crippen molar-refractivity contribution in [3.63, 3.8) is 0 Å². The van der Waals surface area contributed by atoms with Crippen LogP contribution in [0.2, 0.25) is 0 Å². The van der Waals surface area contributed by atoms with Crippen LogP contribution in [0.5, 0.6) is 0 Å². The Labute approximate surface area is 142 Å². The summed E-state index contributed by atoms with van der Waals surface area (Å²) in [4.78, 5) is 25.2. The molecule has 24 heavy (non-hydrogen) atoms. The fourth-order valence-electron chi connectivity index (χ4n) is 3.40. The summed E-state index contributed by atoms with van der Waals surface area (Å²) in [6.07, 6.45) is 0. The van der Waals surface area contributed by atoms with Crippen molar-refractivity contribution in [3.8, 4) is 0 Å². The van der Waals surface area contributed by atoms with Gasteiger partial charge in [0.15, 0.2) is 0 Å². The van der Waals surface area contributed by atoms with Gasteiger partial charge in [-0.25, -0.2) is 0 Å². The number of carbonyl (C=O) groups is 2. The van der Waals surface area contributed by atoms with Crippen molar-refractivity contribution in [3.05, 3.63) is 69.8 Å². The van der Waals surface area contributed by atoms with Crippen LogP contribution in [0.3, 0.4) is 0 Å². The van der Waals surface area contributed by atoms with E-state index in [9.17, 15) is 9.59 Å². The molecule has 0 saturated carbocycles. The second-order valence-corrected chi connectivity index (χ2v) is 6.73. The van der Waals surface area contributed by atoms with Gasteiger partial charge in [0.1, 0.15) is 12.1 Å². The third-order valence-corrected chi connectivity index (χ3v) is 4.25. The SMILES string of the molecule is Cc1cc(C)cc([C@H]2NC(=O)[C@@H](c3cc(C)cc(C)c3)NC2=O)c1. The molecule has 2 aromatic rings. The highest BCUT2D eigenvalue weighted by atomic mass is 16.2. The van der Waals surface area contributed by atoms with Crippen molar-refractivity contribution in [1.82, 2.24) is 10.6 Å². The monoisotopic (exact) mass is 322 g/mol. The summed E-state index contributed by atoms with van der Waals surface area (Å²) >= 11 is 0. The summed E-state index contributed by atoms with van der Waals surface area (Å²) in [7, 11) is 0. The van der Waals surface area contributed by atoms with E-state index in [0.717, 1.165) is 33.4 Å². The number of nitrogens with one attached hydrogen (secondary N) is 2. The summed E-state index contributed by atoms with van der Waals surface area (Å²) in [5.41, 5.74) is 5.92. The van der Waals surface area contributed by atoms with Crippen LogP contribution >= 0.6 is 0 Å². The molecule has 0 radical (unpaired) electrons. The quantitative estimate of drug-likeness (QED) is 0.893. The first-order chi connectivity index (χ1) is 11.3. The Hall–Kier alpha value is -2.62. The Morgan fingerprint density at radius 1 is 0.583 bits per heavy atom. The summed E-state index contributed by atoms with van der Waals surface area (Å²) in [5, 5.41) is 5.75. The molecule has 2 aromatic carbocycles. The number of benzene rings is 2. The minimum Gasteiger partial charge on any atom is -0.338 e. The molecule has 4 nitrogen and oxygen atoms in total. The minimum absolute atomic E-state index is 0.177. The molecule has 1 aliphatic heterocycles. The third-order valence-electron chi connectivity index (χ3n) is 4.25. The molecule has 0 aliphatic carbocycles. The number of hydrogen-bond acceptors (Lipinski definition) is 2. The van der Waals surface area contributed by atoms with E-state index in [1.54, 1.807) is 0 Å². The van der Waals surface area contributed by atoms with Crippen molar-refractivity contribution < 1.29 is 9.59 Å². The van der Waals surface area contributed by atoms with Crippen molar-refractivity contribution in [1.29, 1.82) is 0 Å². The van der Waals surface area contributed by atoms with Crippen LogP contribution < -0.4 is 10.6 Å². The van der Waals surface area contributed by atoms with Crippen LogP contribution in [0.15, 0.2) is 36.4 Å². The van der Waals surface area contributed by atoms with E-state index in [1.165, 1.54) is 0 Å². The normalized spacial score (nSPS) is 20.5. The van der Waals surface area contributed by atoms with Gasteiger partial charge in [0.25, 0.3) is 0 Å². The number of rotatable bonds is 2. The molecule has 1 heterocycles. The zero-order valence-corrected chi connectivity index (χ0v) is 14.4. The summed E-state index contributed by atoms with van der Waals surface area (Å²) < 4.78 is 0. The van der Waals surface area contributed by atoms with E-state index in [0.29, 0.717) is 0 Å². The van der Waals surface area contributed by atoms with Gasteiger partial charge in [0.05, 0.1) is 0 Å². The maximum Gasteiger partial charge on any atom is 0.248 e. The average Bonchev–Trinajstić information content (AvgIpc) is 2.47. The fourth-order valence-corrected chi connectivity index (χ4v) is 3.40. The molecule has 1 saturated heterocycles. The Morgan fingerprint density at radius 3 is 1.17 bits per heavy atom. The van der Waals surface area contributed by atoms with Gasteiger partial charge in [0.2, 0.25) is 11.8 Å². The van der Waals surface area contributed by atoms with Gasteiger partial charge >= 0.3 is 0 Å². The van der Waals surface area contributed by atoms with E-state index < -0.39 is 12.1 Å². The summed E-state index contributed by atoms with van der Waals surface area (Å²) in [6, 6.07) is 10.6. The predicted octanol–water partition coefficient (Wildman–Crippen LogP) is 2.95. The molecule has 1 aliphatic rings. The highest BCUT2D eigenvalue weighted by molar-refractivity contribution is 5.98. The van der Waals surface area contributed by atoms with Crippen LogP contribution in [0.1, 0.15) is 45.5 Å². The maximum atomic E-state index is 12.6. The number of hydrogen-bond donors (Lipinski definition) is 2. The number of carbonyl (C=O) groups excluding carboxylic acids is 2. The van der Waals surface area contributed by atoms with E-state index in [2.05, 4.69) is 10.6 Å². The molecule has 2 N–H and O–H groups in total. The standard InChI is InChI=1S/C20H22N2O2/c1-11-5-12(2)8-15(7-11)17-19(23)22-18(20(24)21-17)16-9-13(3)6-14(4)10-16/h5-10,17-18H,1-4H3,(H,21,24)(H,22,23)/t17-,18-/m1/s1. The summed E-state index contributed by atoms with van der Waals surface area (Å²) in [6.45, 7) is 7.93. The molecule has 2 amide bonds. The molecule has 0 bridgehead atoms. The van der Waals surface area contributed by atoms with Crippen LogP contribution in [0.25, 0.3) is 0 Å². The van der Waals surface area contributed by atoms with Crippen LogP contribution in [-0.4, -0.2) is 11.8 Å². The Morgan fingerprint density at radius 2 is 0.875 bits per heavy atom. The van der Waals surface area contributed by atoms with Crippen LogP contribution in [-0.2, 0) is 9.59 Å². The lowest BCUT2D eigenvalue weighted by molar-refractivity contribution is -0.137. The Bertz CT molecular complexity index is 716. The van der Waals surface area contributed by atoms with Crippen molar-refractivity contribution >= 4 is 11.8 Å². The minimum atomic E-state index is -0.641. The van der Waals surface area contributed by atoms with Crippen molar-refractivity contribution in [2.24, 2.45) is 0 Å². The van der Waals surface area contributed by atoms with E-state index in [4.69, 9.17) is 0 Å². The highest BCUT2D eigenvalue weighted by Gasteiger charge is 2.35. The van der Waals surface area contributed by atoms with Gasteiger partial charge in [-0.2, -0.15) is 0 Å². The van der Waals surface area contributed by atoms with Gasteiger partial charge < -0.3 is 10.6 Å². The van der Waals surface area contributed by atoms with Gasteiger partial charge in [-0.3, -0.25) is 9.59 Å². The molecular formula is C20H22N2O2. The number of piperazine rings is 1. The summed E-state index contributed by atoms with van der Waals surface area (Å²) in [5.74, 6) is -0.354. The van der Waals surface area contributed by atoms with Gasteiger partial charge in [-0.05, 0) is 38.8 Å². The lowest BCUT2D eigenvalue weighted by Gasteiger charge is -2.30. The smallest absolute Gasteiger partial charge is 0.248 e. The van der Waals surface area contributed by atoms with E-state index in [-0.39, 0.29) is 11.8 Å². The largest absolute Gasteiger partial charge is 0.338 e. The third kappa shape index (κ3) is 3.18. The Balaban J connectivity index is 1.89. The van der Waals surface area contributed by atoms with Gasteiger partial charge in [-0.1, -0.05) is 58.7 Å². The molecule has 124 valence electrons. The maximum absolute atomic E-state index is 12.6. The zero-order valence-electron chi connectivity index (χ0n) is 14.4. The first-order valence-electron chi connectivity index (χ1n) is 8.10. The molecular weight excluding hydrogens is 300 g/mol. The molecule has 4 heteroatoms. The molecule has 0 unspecified atom stereocenters. The fraction of sp³-hybridized carbons (Fsp3) is 0.300. The lowest BCUT2D eigenvalue weighted by atomic mass is 9.95. The molecule has 3 rings (SSSR count). The van der Waals surface area contributed by atoms with Gasteiger partial charge in [0, 0.05) is 0 Å². The molecule has 2 atom stereocenters.